The topological polar surface area (TPSA) is 46.1 Å². The smallest absolute Gasteiger partial charge is 0.191 e. The first-order valence-corrected chi connectivity index (χ1v) is 11.6. The molecule has 0 bridgehead atoms. The van der Waals surface area contributed by atoms with Crippen molar-refractivity contribution in [1.29, 1.82) is 0 Å². The molecule has 0 saturated carbocycles. The largest absolute Gasteiger partial charge is 0.355 e. The maximum Gasteiger partial charge on any atom is 0.191 e. The molecule has 0 aromatic heterocycles. The van der Waals surface area contributed by atoms with Crippen molar-refractivity contribution in [3.8, 4) is 0 Å². The van der Waals surface area contributed by atoms with E-state index in [0.717, 1.165) is 38.7 Å². The number of likely N-dealkylation sites (N-methyl/N-ethyl adjacent to an activating group) is 1. The van der Waals surface area contributed by atoms with Crippen molar-refractivity contribution >= 4 is 29.9 Å². The van der Waals surface area contributed by atoms with Gasteiger partial charge in [-0.3, -0.25) is 14.8 Å². The average Bonchev–Trinajstić information content (AvgIpc) is 2.77. The lowest BCUT2D eigenvalue weighted by Gasteiger charge is -2.41. The molecule has 2 heterocycles. The van der Waals surface area contributed by atoms with E-state index in [0.29, 0.717) is 0 Å². The van der Waals surface area contributed by atoms with E-state index in [-0.39, 0.29) is 29.5 Å². The lowest BCUT2D eigenvalue weighted by Crippen LogP contribution is -2.54. The summed E-state index contributed by atoms with van der Waals surface area (Å²) in [6, 6.07) is 9.02. The third-order valence-corrected chi connectivity index (χ3v) is 6.61. The molecule has 1 aromatic rings. The van der Waals surface area contributed by atoms with Gasteiger partial charge in [0, 0.05) is 58.4 Å². The number of piperidine rings is 1. The van der Waals surface area contributed by atoms with Gasteiger partial charge in [0.05, 0.1) is 0 Å². The molecule has 176 valence electrons. The van der Waals surface area contributed by atoms with E-state index in [2.05, 4.69) is 75.5 Å². The van der Waals surface area contributed by atoms with Crippen LogP contribution in [0.25, 0.3) is 0 Å². The highest BCUT2D eigenvalue weighted by atomic mass is 127. The molecule has 2 fully saturated rings. The van der Waals surface area contributed by atoms with E-state index < -0.39 is 0 Å². The van der Waals surface area contributed by atoms with Crippen molar-refractivity contribution in [2.75, 3.05) is 59.9 Å². The first kappa shape index (κ1) is 26.4. The molecule has 31 heavy (non-hydrogen) atoms. The maximum atomic E-state index is 4.42. The fourth-order valence-electron chi connectivity index (χ4n) is 4.34. The molecule has 0 amide bonds. The Kier molecular flexibility index (Phi) is 11.0. The highest BCUT2D eigenvalue weighted by molar-refractivity contribution is 14.0. The Morgan fingerprint density at radius 2 is 1.52 bits per heavy atom. The fraction of sp³-hybridized carbons (Fsp3) is 0.708. The molecule has 0 unspecified atom stereocenters. The van der Waals surface area contributed by atoms with Gasteiger partial charge >= 0.3 is 0 Å². The number of rotatable bonds is 7. The highest BCUT2D eigenvalue weighted by Crippen LogP contribution is 2.19. The summed E-state index contributed by atoms with van der Waals surface area (Å²) in [4.78, 5) is 12.0. The highest BCUT2D eigenvalue weighted by Gasteiger charge is 2.27. The quantitative estimate of drug-likeness (QED) is 0.315. The van der Waals surface area contributed by atoms with Crippen molar-refractivity contribution < 1.29 is 0 Å². The first-order valence-electron chi connectivity index (χ1n) is 11.6. The molecule has 6 nitrogen and oxygen atoms in total. The Balaban J connectivity index is 0.00000341. The van der Waals surface area contributed by atoms with Crippen LogP contribution in [0.3, 0.4) is 0 Å². The zero-order valence-corrected chi connectivity index (χ0v) is 22.3. The molecule has 0 radical (unpaired) electrons. The molecule has 0 spiro atoms. The standard InChI is InChI=1S/C24H42N6.HI/c1-24(2,30-12-6-5-7-13-30)20-27-23(25-3)26-18-21-8-10-22(11-9-21)19-29-16-14-28(4)15-17-29;/h8-11H,5-7,12-20H2,1-4H3,(H2,25,26,27);1H. The van der Waals surface area contributed by atoms with Crippen LogP contribution < -0.4 is 10.6 Å². The first-order chi connectivity index (χ1) is 14.5. The molecule has 2 N–H and O–H groups in total. The lowest BCUT2D eigenvalue weighted by atomic mass is 9.98. The van der Waals surface area contributed by atoms with Gasteiger partial charge < -0.3 is 15.5 Å². The van der Waals surface area contributed by atoms with Gasteiger partial charge in [0.25, 0.3) is 0 Å². The summed E-state index contributed by atoms with van der Waals surface area (Å²) in [5, 5.41) is 7.00. The number of nitrogens with zero attached hydrogens (tertiary/aromatic N) is 4. The maximum absolute atomic E-state index is 4.42. The number of piperazine rings is 1. The number of likely N-dealkylation sites (tertiary alicyclic amines) is 1. The van der Waals surface area contributed by atoms with Crippen LogP contribution in [0.2, 0.25) is 0 Å². The van der Waals surface area contributed by atoms with E-state index >= 15 is 0 Å². The molecular weight excluding hydrogens is 499 g/mol. The summed E-state index contributed by atoms with van der Waals surface area (Å²) in [5.41, 5.74) is 2.83. The molecule has 3 rings (SSSR count). The van der Waals surface area contributed by atoms with Gasteiger partial charge in [-0.05, 0) is 58.0 Å². The predicted molar refractivity (Wildman–Crippen MR) is 142 cm³/mol. The van der Waals surface area contributed by atoms with E-state index in [9.17, 15) is 0 Å². The van der Waals surface area contributed by atoms with Crippen molar-refractivity contribution in [2.24, 2.45) is 4.99 Å². The molecule has 2 aliphatic rings. The average molecular weight is 543 g/mol. The van der Waals surface area contributed by atoms with Crippen LogP contribution >= 0.6 is 24.0 Å². The Morgan fingerprint density at radius 1 is 0.903 bits per heavy atom. The van der Waals surface area contributed by atoms with Crippen LogP contribution in [0.1, 0.15) is 44.2 Å². The van der Waals surface area contributed by atoms with Crippen molar-refractivity contribution in [3.63, 3.8) is 0 Å². The van der Waals surface area contributed by atoms with E-state index in [1.807, 2.05) is 7.05 Å². The Labute approximate surface area is 206 Å². The zero-order valence-electron chi connectivity index (χ0n) is 20.0. The Morgan fingerprint density at radius 3 is 2.13 bits per heavy atom. The third-order valence-electron chi connectivity index (χ3n) is 6.61. The number of benzene rings is 1. The lowest BCUT2D eigenvalue weighted by molar-refractivity contribution is 0.0982. The Hall–Kier alpha value is -0.900. The second kappa shape index (κ2) is 13.0. The van der Waals surface area contributed by atoms with E-state index in [4.69, 9.17) is 0 Å². The number of nitrogens with one attached hydrogen (secondary N) is 2. The monoisotopic (exact) mass is 542 g/mol. The Bertz CT molecular complexity index is 661. The van der Waals surface area contributed by atoms with Gasteiger partial charge in [0.2, 0.25) is 0 Å². The number of halogens is 1. The van der Waals surface area contributed by atoms with E-state index in [1.165, 1.54) is 56.6 Å². The molecule has 0 aliphatic carbocycles. The number of guanidine groups is 1. The molecule has 2 saturated heterocycles. The number of hydrogen-bond donors (Lipinski definition) is 2. The second-order valence-electron chi connectivity index (χ2n) is 9.54. The second-order valence-corrected chi connectivity index (χ2v) is 9.54. The molecule has 1 aromatic carbocycles. The van der Waals surface area contributed by atoms with Gasteiger partial charge in [-0.15, -0.1) is 24.0 Å². The molecule has 2 aliphatic heterocycles. The van der Waals surface area contributed by atoms with Gasteiger partial charge in [-0.1, -0.05) is 30.7 Å². The van der Waals surface area contributed by atoms with Gasteiger partial charge in [-0.25, -0.2) is 0 Å². The zero-order chi connectivity index (χ0) is 21.4. The summed E-state index contributed by atoms with van der Waals surface area (Å²) in [6.45, 7) is 14.5. The van der Waals surface area contributed by atoms with Crippen molar-refractivity contribution in [3.05, 3.63) is 35.4 Å². The van der Waals surface area contributed by atoms with Crippen molar-refractivity contribution in [1.82, 2.24) is 25.3 Å². The summed E-state index contributed by atoms with van der Waals surface area (Å²) in [6.07, 6.45) is 4.01. The van der Waals surface area contributed by atoms with Crippen LogP contribution in [0.5, 0.6) is 0 Å². The van der Waals surface area contributed by atoms with Crippen LogP contribution in [0.4, 0.5) is 0 Å². The molecule has 7 heteroatoms. The summed E-state index contributed by atoms with van der Waals surface area (Å²) in [7, 11) is 4.05. The van der Waals surface area contributed by atoms with Crippen LogP contribution in [0.15, 0.2) is 29.3 Å². The summed E-state index contributed by atoms with van der Waals surface area (Å²) < 4.78 is 0. The number of hydrogen-bond acceptors (Lipinski definition) is 4. The van der Waals surface area contributed by atoms with Gasteiger partial charge in [0.1, 0.15) is 0 Å². The minimum atomic E-state index is 0. The summed E-state index contributed by atoms with van der Waals surface area (Å²) in [5.74, 6) is 0.876. The van der Waals surface area contributed by atoms with Crippen LogP contribution in [0, 0.1) is 0 Å². The fourth-order valence-corrected chi connectivity index (χ4v) is 4.34. The molecular formula is C24H43IN6. The minimum absolute atomic E-state index is 0. The molecule has 0 atom stereocenters. The van der Waals surface area contributed by atoms with Gasteiger partial charge in [-0.2, -0.15) is 0 Å². The summed E-state index contributed by atoms with van der Waals surface area (Å²) >= 11 is 0. The van der Waals surface area contributed by atoms with Gasteiger partial charge in [0.15, 0.2) is 5.96 Å². The van der Waals surface area contributed by atoms with Crippen LogP contribution in [-0.2, 0) is 13.1 Å². The third kappa shape index (κ3) is 8.51. The minimum Gasteiger partial charge on any atom is -0.355 e. The van der Waals surface area contributed by atoms with Crippen LogP contribution in [-0.4, -0.2) is 86.1 Å². The van der Waals surface area contributed by atoms with Crippen molar-refractivity contribution in [2.45, 2.75) is 51.7 Å². The predicted octanol–water partition coefficient (Wildman–Crippen LogP) is 2.98. The van der Waals surface area contributed by atoms with E-state index in [1.54, 1.807) is 0 Å². The number of aliphatic imine (C=N–C) groups is 1. The SMILES string of the molecule is CN=C(NCc1ccc(CN2CCN(C)CC2)cc1)NCC(C)(C)N1CCCCC1.I. The normalized spacial score (nSPS) is 19.7.